The first-order valence-electron chi connectivity index (χ1n) is 11.5. The lowest BCUT2D eigenvalue weighted by Gasteiger charge is -2.29. The van der Waals surface area contributed by atoms with Crippen LogP contribution in [-0.2, 0) is 20.8 Å². The highest BCUT2D eigenvalue weighted by atomic mass is 32.2. The van der Waals surface area contributed by atoms with E-state index in [1.807, 2.05) is 86.8 Å². The standard InChI is InChI=1S/C29H29NO3S3/c1-21-13-17-24(18-14-21)35(31)30-28(23-9-5-4-6-10-23)29(34-3)26-11-7-8-12-27(26)36(32,33)25-19-15-22(2)16-20-25/h4-20,28-30H,1-3H3/t28-,29+,35+/m1/s1. The molecule has 3 atom stereocenters. The summed E-state index contributed by atoms with van der Waals surface area (Å²) in [5.41, 5.74) is 3.69. The van der Waals surface area contributed by atoms with Crippen molar-refractivity contribution in [3.05, 3.63) is 125 Å². The van der Waals surface area contributed by atoms with Gasteiger partial charge in [-0.2, -0.15) is 11.8 Å². The van der Waals surface area contributed by atoms with Gasteiger partial charge in [0.1, 0.15) is 11.0 Å². The van der Waals surface area contributed by atoms with Gasteiger partial charge in [0.2, 0.25) is 9.84 Å². The van der Waals surface area contributed by atoms with Gasteiger partial charge in [0, 0.05) is 0 Å². The number of aryl methyl sites for hydroxylation is 2. The minimum absolute atomic E-state index is 0.257. The maximum absolute atomic E-state index is 13.7. The third-order valence-electron chi connectivity index (χ3n) is 6.03. The molecule has 4 nitrogen and oxygen atoms in total. The summed E-state index contributed by atoms with van der Waals surface area (Å²) in [6, 6.07) is 30.9. The summed E-state index contributed by atoms with van der Waals surface area (Å²) in [4.78, 5) is 1.19. The fourth-order valence-electron chi connectivity index (χ4n) is 4.06. The predicted octanol–water partition coefficient (Wildman–Crippen LogP) is 6.59. The molecule has 0 aliphatic heterocycles. The van der Waals surface area contributed by atoms with E-state index in [0.717, 1.165) is 16.7 Å². The van der Waals surface area contributed by atoms with Crippen molar-refractivity contribution in [1.29, 1.82) is 0 Å². The van der Waals surface area contributed by atoms with Gasteiger partial charge in [0.25, 0.3) is 0 Å². The maximum Gasteiger partial charge on any atom is 0.206 e. The molecule has 0 spiro atoms. The summed E-state index contributed by atoms with van der Waals surface area (Å²) in [5.74, 6) is 0. The van der Waals surface area contributed by atoms with Crippen molar-refractivity contribution >= 4 is 32.6 Å². The molecule has 0 saturated carbocycles. The van der Waals surface area contributed by atoms with Crippen LogP contribution in [0.4, 0.5) is 0 Å². The molecular weight excluding hydrogens is 507 g/mol. The smallest absolute Gasteiger partial charge is 0.206 e. The van der Waals surface area contributed by atoms with Crippen molar-refractivity contribution in [3.63, 3.8) is 0 Å². The number of hydrogen-bond donors (Lipinski definition) is 1. The summed E-state index contributed by atoms with van der Waals surface area (Å²) < 4.78 is 44.2. The molecule has 0 unspecified atom stereocenters. The molecular formula is C29H29NO3S3. The Morgan fingerprint density at radius 3 is 1.92 bits per heavy atom. The van der Waals surface area contributed by atoms with E-state index in [1.54, 1.807) is 36.4 Å². The number of hydrogen-bond acceptors (Lipinski definition) is 4. The average molecular weight is 536 g/mol. The van der Waals surface area contributed by atoms with Gasteiger partial charge < -0.3 is 0 Å². The van der Waals surface area contributed by atoms with Crippen molar-refractivity contribution < 1.29 is 12.6 Å². The molecule has 0 aromatic heterocycles. The third-order valence-corrected chi connectivity index (χ3v) is 10.1. The van der Waals surface area contributed by atoms with Crippen LogP contribution in [0.1, 0.15) is 33.5 Å². The highest BCUT2D eigenvalue weighted by molar-refractivity contribution is 7.99. The molecule has 4 aromatic rings. The van der Waals surface area contributed by atoms with Crippen LogP contribution in [0.5, 0.6) is 0 Å². The number of nitrogens with one attached hydrogen (secondary N) is 1. The van der Waals surface area contributed by atoms with Gasteiger partial charge in [-0.25, -0.2) is 17.3 Å². The fraction of sp³-hybridized carbons (Fsp3) is 0.172. The first-order chi connectivity index (χ1) is 17.3. The number of benzene rings is 4. The molecule has 0 fully saturated rings. The second-order valence-corrected chi connectivity index (χ2v) is 12.7. The van der Waals surface area contributed by atoms with Crippen molar-refractivity contribution in [2.24, 2.45) is 0 Å². The van der Waals surface area contributed by atoms with Crippen LogP contribution in [0, 0.1) is 13.8 Å². The van der Waals surface area contributed by atoms with E-state index in [-0.39, 0.29) is 15.0 Å². The lowest BCUT2D eigenvalue weighted by atomic mass is 9.99. The molecule has 1 N–H and O–H groups in total. The van der Waals surface area contributed by atoms with Crippen molar-refractivity contribution in [2.75, 3.05) is 6.26 Å². The molecule has 0 aliphatic carbocycles. The van der Waals surface area contributed by atoms with Crippen LogP contribution >= 0.6 is 11.8 Å². The lowest BCUT2D eigenvalue weighted by Crippen LogP contribution is -2.28. The number of sulfone groups is 1. The molecule has 0 heterocycles. The quantitative estimate of drug-likeness (QED) is 0.262. The van der Waals surface area contributed by atoms with Crippen LogP contribution in [0.2, 0.25) is 0 Å². The Hall–Kier alpha value is -2.71. The molecule has 186 valence electrons. The molecule has 36 heavy (non-hydrogen) atoms. The highest BCUT2D eigenvalue weighted by Gasteiger charge is 2.31. The Kier molecular flexibility index (Phi) is 8.46. The van der Waals surface area contributed by atoms with Gasteiger partial charge in [0.05, 0.1) is 26.0 Å². The van der Waals surface area contributed by atoms with E-state index in [0.29, 0.717) is 10.5 Å². The van der Waals surface area contributed by atoms with Crippen LogP contribution in [0.15, 0.2) is 118 Å². The predicted molar refractivity (Wildman–Crippen MR) is 149 cm³/mol. The normalized spacial score (nSPS) is 14.2. The van der Waals surface area contributed by atoms with E-state index in [1.165, 1.54) is 11.8 Å². The van der Waals surface area contributed by atoms with Gasteiger partial charge in [-0.15, -0.1) is 0 Å². The molecule has 0 aliphatic rings. The first kappa shape index (κ1) is 26.4. The Bertz CT molecular complexity index is 1440. The fourth-order valence-corrected chi connectivity index (χ4v) is 7.71. The van der Waals surface area contributed by atoms with Crippen LogP contribution in [0.25, 0.3) is 0 Å². The zero-order valence-corrected chi connectivity index (χ0v) is 22.9. The Balaban J connectivity index is 1.79. The number of rotatable bonds is 9. The SMILES string of the molecule is CS[C@@H](c1ccccc1S(=O)(=O)c1ccc(C)cc1)[C@H](N[S@@](=O)c1ccc(C)cc1)c1ccccc1. The summed E-state index contributed by atoms with van der Waals surface area (Å²) in [6.07, 6.45) is 1.95. The number of thioether (sulfide) groups is 1. The Morgan fingerprint density at radius 2 is 1.31 bits per heavy atom. The van der Waals surface area contributed by atoms with Crippen molar-refractivity contribution in [2.45, 2.75) is 39.8 Å². The molecule has 4 aromatic carbocycles. The monoisotopic (exact) mass is 535 g/mol. The Labute approximate surface area is 220 Å². The summed E-state index contributed by atoms with van der Waals surface area (Å²) in [6.45, 7) is 3.92. The maximum atomic E-state index is 13.7. The zero-order valence-electron chi connectivity index (χ0n) is 20.4. The average Bonchev–Trinajstić information content (AvgIpc) is 2.90. The summed E-state index contributed by atoms with van der Waals surface area (Å²) >= 11 is 1.53. The molecule has 7 heteroatoms. The van der Waals surface area contributed by atoms with E-state index < -0.39 is 26.9 Å². The molecule has 0 bridgehead atoms. The van der Waals surface area contributed by atoms with Crippen LogP contribution in [-0.4, -0.2) is 18.9 Å². The molecule has 0 saturated heterocycles. The van der Waals surface area contributed by atoms with E-state index in [2.05, 4.69) is 4.72 Å². The molecule has 4 rings (SSSR count). The summed E-state index contributed by atoms with van der Waals surface area (Å²) in [5, 5.41) is -0.321. The highest BCUT2D eigenvalue weighted by Crippen LogP contribution is 2.43. The second kappa shape index (κ2) is 11.6. The van der Waals surface area contributed by atoms with Crippen molar-refractivity contribution in [1.82, 2.24) is 4.72 Å². The minimum Gasteiger partial charge on any atom is -0.237 e. The largest absolute Gasteiger partial charge is 0.237 e. The zero-order chi connectivity index (χ0) is 25.7. The van der Waals surface area contributed by atoms with E-state index >= 15 is 0 Å². The van der Waals surface area contributed by atoms with Gasteiger partial charge in [-0.1, -0.05) is 83.9 Å². The van der Waals surface area contributed by atoms with Gasteiger partial charge >= 0.3 is 0 Å². The second-order valence-electron chi connectivity index (χ2n) is 8.60. The molecule has 0 radical (unpaired) electrons. The summed E-state index contributed by atoms with van der Waals surface area (Å²) in [7, 11) is -5.26. The van der Waals surface area contributed by atoms with E-state index in [9.17, 15) is 12.6 Å². The third kappa shape index (κ3) is 5.81. The Morgan fingerprint density at radius 1 is 0.750 bits per heavy atom. The lowest BCUT2D eigenvalue weighted by molar-refractivity contribution is 0.589. The van der Waals surface area contributed by atoms with Gasteiger partial charge in [0.15, 0.2) is 0 Å². The van der Waals surface area contributed by atoms with E-state index in [4.69, 9.17) is 0 Å². The first-order valence-corrected chi connectivity index (χ1v) is 15.5. The van der Waals surface area contributed by atoms with Crippen LogP contribution < -0.4 is 4.72 Å². The van der Waals surface area contributed by atoms with Gasteiger partial charge in [-0.3, -0.25) is 0 Å². The van der Waals surface area contributed by atoms with Crippen LogP contribution in [0.3, 0.4) is 0 Å². The van der Waals surface area contributed by atoms with Crippen molar-refractivity contribution in [3.8, 4) is 0 Å². The minimum atomic E-state index is -3.76. The van der Waals surface area contributed by atoms with Gasteiger partial charge in [-0.05, 0) is 61.6 Å². The molecule has 0 amide bonds. The topological polar surface area (TPSA) is 63.2 Å².